The lowest BCUT2D eigenvalue weighted by molar-refractivity contribution is -0.118. The van der Waals surface area contributed by atoms with Gasteiger partial charge in [0.1, 0.15) is 5.88 Å². The fourth-order valence-electron chi connectivity index (χ4n) is 4.56. The van der Waals surface area contributed by atoms with Gasteiger partial charge in [-0.2, -0.15) is 0 Å². The minimum Gasteiger partial charge on any atom is -0.366 e. The molecule has 0 unspecified atom stereocenters. The molecule has 0 aliphatic rings. The summed E-state index contributed by atoms with van der Waals surface area (Å²) in [5.74, 6) is -1.22. The zero-order valence-electron chi connectivity index (χ0n) is 20.9. The molecule has 0 aliphatic carbocycles. The first-order chi connectivity index (χ1) is 18.9. The van der Waals surface area contributed by atoms with Gasteiger partial charge < -0.3 is 21.4 Å². The molecule has 0 saturated carbocycles. The van der Waals surface area contributed by atoms with Gasteiger partial charge >= 0.3 is 0 Å². The van der Waals surface area contributed by atoms with Crippen molar-refractivity contribution in [3.63, 3.8) is 0 Å². The number of carbonyl (C=O) groups is 3. The van der Waals surface area contributed by atoms with E-state index in [9.17, 15) is 14.4 Å². The maximum atomic E-state index is 12.7. The summed E-state index contributed by atoms with van der Waals surface area (Å²) in [5.41, 5.74) is 12.5. The van der Waals surface area contributed by atoms with Crippen molar-refractivity contribution in [1.29, 1.82) is 0 Å². The Bertz CT molecular complexity index is 1710. The van der Waals surface area contributed by atoms with Gasteiger partial charge in [-0.05, 0) is 47.4 Å². The summed E-state index contributed by atoms with van der Waals surface area (Å²) in [7, 11) is 0. The van der Waals surface area contributed by atoms with Gasteiger partial charge in [0.25, 0.3) is 11.8 Å². The number of thiazole rings is 1. The molecule has 3 aromatic carbocycles. The minimum atomic E-state index is -0.552. The van der Waals surface area contributed by atoms with Crippen LogP contribution >= 0.6 is 22.9 Å². The number of nitrogens with two attached hydrogens (primary N) is 1. The Kier molecular flexibility index (Phi) is 7.44. The largest absolute Gasteiger partial charge is 0.366 e. The van der Waals surface area contributed by atoms with Gasteiger partial charge in [0, 0.05) is 40.5 Å². The fourth-order valence-corrected chi connectivity index (χ4v) is 5.18. The average molecular weight is 558 g/mol. The van der Waals surface area contributed by atoms with Gasteiger partial charge in [-0.1, -0.05) is 42.5 Å². The van der Waals surface area contributed by atoms with Gasteiger partial charge in [-0.15, -0.1) is 22.9 Å². The summed E-state index contributed by atoms with van der Waals surface area (Å²) in [6.45, 7) is 2.23. The van der Waals surface area contributed by atoms with Crippen LogP contribution in [0.3, 0.4) is 0 Å². The topological polar surface area (TPSA) is 130 Å². The molecular formula is C29H24ClN5O3S. The third-order valence-corrected chi connectivity index (χ3v) is 7.48. The number of primary amides is 1. The predicted molar refractivity (Wildman–Crippen MR) is 155 cm³/mol. The summed E-state index contributed by atoms with van der Waals surface area (Å²) < 4.78 is 0. The van der Waals surface area contributed by atoms with Crippen LogP contribution in [0.2, 0.25) is 0 Å². The van der Waals surface area contributed by atoms with Crippen LogP contribution < -0.4 is 16.4 Å². The first kappa shape index (κ1) is 26.1. The summed E-state index contributed by atoms with van der Waals surface area (Å²) >= 11 is 6.91. The summed E-state index contributed by atoms with van der Waals surface area (Å²) in [6, 6.07) is 18.9. The predicted octanol–water partition coefficient (Wildman–Crippen LogP) is 5.47. The van der Waals surface area contributed by atoms with Gasteiger partial charge in [-0.25, -0.2) is 4.98 Å². The van der Waals surface area contributed by atoms with E-state index in [1.807, 2.05) is 61.5 Å². The maximum Gasteiger partial charge on any atom is 0.284 e. The van der Waals surface area contributed by atoms with E-state index in [0.29, 0.717) is 28.3 Å². The van der Waals surface area contributed by atoms with Crippen molar-refractivity contribution < 1.29 is 14.4 Å². The van der Waals surface area contributed by atoms with Gasteiger partial charge in [0.15, 0.2) is 5.01 Å². The number of halogens is 1. The van der Waals surface area contributed by atoms with Crippen molar-refractivity contribution in [2.45, 2.75) is 13.5 Å². The molecule has 5 rings (SSSR count). The van der Waals surface area contributed by atoms with Crippen LogP contribution in [0.5, 0.6) is 0 Å². The van der Waals surface area contributed by atoms with E-state index in [4.69, 9.17) is 17.3 Å². The van der Waals surface area contributed by atoms with Crippen LogP contribution in [-0.4, -0.2) is 33.6 Å². The monoisotopic (exact) mass is 557 g/mol. The first-order valence-corrected chi connectivity index (χ1v) is 13.5. The minimum absolute atomic E-state index is 0.122. The maximum absolute atomic E-state index is 12.7. The van der Waals surface area contributed by atoms with E-state index < -0.39 is 5.91 Å². The Labute approximate surface area is 233 Å². The van der Waals surface area contributed by atoms with Crippen molar-refractivity contribution in [2.24, 2.45) is 5.73 Å². The number of amides is 3. The molecule has 5 aromatic rings. The Hall–Kier alpha value is -4.47. The van der Waals surface area contributed by atoms with Crippen LogP contribution in [0.1, 0.15) is 31.3 Å². The first-order valence-electron chi connectivity index (χ1n) is 12.0. The highest BCUT2D eigenvalue weighted by Crippen LogP contribution is 2.38. The zero-order valence-corrected chi connectivity index (χ0v) is 22.5. The highest BCUT2D eigenvalue weighted by Gasteiger charge is 2.19. The molecule has 0 radical (unpaired) electrons. The number of fused-ring (bicyclic) bond motifs is 1. The standard InChI is InChI=1S/C29H24ClN5O3S/c1-16-18(7-4-8-23(16)35-28(38)29-32-11-12-39-29)20-9-10-21(27(31)37)26-22(20)13-24(34-26)19-6-3-2-5-17(19)15-33-25(36)14-30/h2-13,34H,14-15H2,1H3,(H2,31,37)(H,33,36)(H,35,38). The van der Waals surface area contributed by atoms with Crippen molar-refractivity contribution >= 4 is 57.2 Å². The van der Waals surface area contributed by atoms with E-state index in [1.165, 1.54) is 11.3 Å². The molecule has 0 saturated heterocycles. The smallest absolute Gasteiger partial charge is 0.284 e. The second kappa shape index (κ2) is 11.1. The second-order valence-electron chi connectivity index (χ2n) is 8.83. The third kappa shape index (κ3) is 5.27. The zero-order chi connectivity index (χ0) is 27.5. The van der Waals surface area contributed by atoms with E-state index in [2.05, 4.69) is 20.6 Å². The molecular weight excluding hydrogens is 534 g/mol. The molecule has 0 bridgehead atoms. The molecule has 39 heavy (non-hydrogen) atoms. The lowest BCUT2D eigenvalue weighted by atomic mass is 9.94. The molecule has 0 spiro atoms. The average Bonchev–Trinajstić information content (AvgIpc) is 3.63. The van der Waals surface area contributed by atoms with Crippen LogP contribution in [0.15, 0.2) is 72.2 Å². The number of hydrogen-bond donors (Lipinski definition) is 4. The SMILES string of the molecule is Cc1c(NC(=O)c2nccs2)cccc1-c1ccc(C(N)=O)c2[nH]c(-c3ccccc3CNC(=O)CCl)cc12. The summed E-state index contributed by atoms with van der Waals surface area (Å²) in [6.07, 6.45) is 1.59. The van der Waals surface area contributed by atoms with Crippen LogP contribution in [0.25, 0.3) is 33.3 Å². The van der Waals surface area contributed by atoms with E-state index in [0.717, 1.165) is 38.9 Å². The lowest BCUT2D eigenvalue weighted by Gasteiger charge is -2.14. The number of aromatic nitrogens is 2. The molecule has 0 fully saturated rings. The number of H-pyrrole nitrogens is 1. The number of anilines is 1. The number of nitrogens with one attached hydrogen (secondary N) is 3. The summed E-state index contributed by atoms with van der Waals surface area (Å²) in [4.78, 5) is 44.2. The molecule has 8 nitrogen and oxygen atoms in total. The van der Waals surface area contributed by atoms with Crippen LogP contribution in [-0.2, 0) is 11.3 Å². The fraction of sp³-hybridized carbons (Fsp3) is 0.103. The normalized spacial score (nSPS) is 10.9. The van der Waals surface area contributed by atoms with Gasteiger partial charge in [0.05, 0.1) is 11.1 Å². The number of hydrogen-bond acceptors (Lipinski definition) is 5. The van der Waals surface area contributed by atoms with E-state index in [1.54, 1.807) is 17.6 Å². The van der Waals surface area contributed by atoms with Crippen molar-refractivity contribution in [1.82, 2.24) is 15.3 Å². The second-order valence-corrected chi connectivity index (χ2v) is 10.00. The highest BCUT2D eigenvalue weighted by molar-refractivity contribution is 7.11. The number of rotatable bonds is 8. The van der Waals surface area contributed by atoms with Gasteiger partial charge in [0.2, 0.25) is 5.91 Å². The number of carbonyl (C=O) groups excluding carboxylic acids is 3. The molecule has 0 atom stereocenters. The molecule has 3 amide bonds. The number of nitrogens with zero attached hydrogens (tertiary/aromatic N) is 1. The quantitative estimate of drug-likeness (QED) is 0.188. The molecule has 2 aromatic heterocycles. The third-order valence-electron chi connectivity index (χ3n) is 6.46. The number of alkyl halides is 1. The lowest BCUT2D eigenvalue weighted by Crippen LogP contribution is -2.23. The molecule has 196 valence electrons. The van der Waals surface area contributed by atoms with Crippen LogP contribution in [0, 0.1) is 6.92 Å². The highest BCUT2D eigenvalue weighted by atomic mass is 35.5. The Morgan fingerprint density at radius 1 is 1.03 bits per heavy atom. The van der Waals surface area contributed by atoms with E-state index >= 15 is 0 Å². The van der Waals surface area contributed by atoms with Gasteiger partial charge in [-0.3, -0.25) is 14.4 Å². The number of aromatic amines is 1. The van der Waals surface area contributed by atoms with Crippen molar-refractivity contribution in [3.8, 4) is 22.4 Å². The van der Waals surface area contributed by atoms with Crippen molar-refractivity contribution in [2.75, 3.05) is 11.2 Å². The van der Waals surface area contributed by atoms with Crippen molar-refractivity contribution in [3.05, 3.63) is 93.9 Å². The Balaban J connectivity index is 1.61. The molecule has 5 N–H and O–H groups in total. The van der Waals surface area contributed by atoms with Crippen LogP contribution in [0.4, 0.5) is 5.69 Å². The molecule has 10 heteroatoms. The molecule has 0 aliphatic heterocycles. The van der Waals surface area contributed by atoms with E-state index in [-0.39, 0.29) is 17.7 Å². The Morgan fingerprint density at radius 2 is 1.82 bits per heavy atom. The summed E-state index contributed by atoms with van der Waals surface area (Å²) in [5, 5.41) is 8.68. The number of benzene rings is 3. The Morgan fingerprint density at radius 3 is 2.56 bits per heavy atom. The molecule has 2 heterocycles.